The van der Waals surface area contributed by atoms with E-state index in [4.69, 9.17) is 23.2 Å². The third kappa shape index (κ3) is 1.71. The fourth-order valence-electron chi connectivity index (χ4n) is 1.35. The number of nitro benzene ring substituents is 1. The van der Waals surface area contributed by atoms with Gasteiger partial charge in [-0.1, -0.05) is 23.2 Å². The maximum absolute atomic E-state index is 11.3. The van der Waals surface area contributed by atoms with Crippen LogP contribution in [-0.2, 0) is 9.13 Å². The lowest BCUT2D eigenvalue weighted by Crippen LogP contribution is -2.21. The Hall–Kier alpha value is -1.37. The predicted molar refractivity (Wildman–Crippen MR) is 58.7 cm³/mol. The van der Waals surface area contributed by atoms with Crippen LogP contribution in [0.4, 0.5) is 11.4 Å². The first kappa shape index (κ1) is 12.7. The minimum Gasteiger partial charge on any atom is -0.412 e. The Labute approximate surface area is 99.6 Å². The molecule has 1 aromatic carbocycles. The molecule has 86 valence electrons. The second kappa shape index (κ2) is 3.89. The molecule has 2 rings (SSSR count). The van der Waals surface area contributed by atoms with Gasteiger partial charge in [-0.3, -0.25) is 14.9 Å². The summed E-state index contributed by atoms with van der Waals surface area (Å²) >= 11 is 11.5. The molecule has 0 aromatic heterocycles. The molecule has 0 saturated heterocycles. The van der Waals surface area contributed by atoms with Crippen LogP contribution in [0.2, 0.25) is 0 Å². The molecule has 6 nitrogen and oxygen atoms in total. The van der Waals surface area contributed by atoms with Crippen molar-refractivity contribution in [3.8, 4) is 0 Å². The SMILES string of the molecule is O.O=C1Nc2cc([N+](=O)[O-])ccc2C1(Cl)Cl. The summed E-state index contributed by atoms with van der Waals surface area (Å²) in [6, 6.07) is 3.84. The van der Waals surface area contributed by atoms with E-state index in [0.29, 0.717) is 5.56 Å². The molecule has 0 saturated carbocycles. The third-order valence-electron chi connectivity index (χ3n) is 2.09. The first-order chi connectivity index (χ1) is 6.93. The van der Waals surface area contributed by atoms with Gasteiger partial charge in [0.15, 0.2) is 0 Å². The van der Waals surface area contributed by atoms with Gasteiger partial charge >= 0.3 is 0 Å². The number of amides is 1. The number of nitrogens with zero attached hydrogens (tertiary/aromatic N) is 1. The molecular formula is C8H6Cl2N2O4. The van der Waals surface area contributed by atoms with Gasteiger partial charge in [0.05, 0.1) is 10.6 Å². The monoisotopic (exact) mass is 264 g/mol. The van der Waals surface area contributed by atoms with Crippen LogP contribution in [0, 0.1) is 10.1 Å². The molecule has 0 atom stereocenters. The van der Waals surface area contributed by atoms with Gasteiger partial charge in [0.2, 0.25) is 4.33 Å². The molecule has 8 heteroatoms. The van der Waals surface area contributed by atoms with Crippen molar-refractivity contribution in [3.63, 3.8) is 0 Å². The number of anilines is 1. The molecule has 1 heterocycles. The molecular weight excluding hydrogens is 259 g/mol. The van der Waals surface area contributed by atoms with E-state index in [9.17, 15) is 14.9 Å². The van der Waals surface area contributed by atoms with Crippen LogP contribution >= 0.6 is 23.2 Å². The highest BCUT2D eigenvalue weighted by atomic mass is 35.5. The van der Waals surface area contributed by atoms with E-state index in [1.807, 2.05) is 0 Å². The maximum atomic E-state index is 11.3. The highest BCUT2D eigenvalue weighted by Crippen LogP contribution is 2.45. The summed E-state index contributed by atoms with van der Waals surface area (Å²) < 4.78 is -1.66. The second-order valence-corrected chi connectivity index (χ2v) is 4.34. The number of rotatable bonds is 1. The van der Waals surface area contributed by atoms with Gasteiger partial charge in [-0.05, 0) is 6.07 Å². The number of hydrogen-bond donors (Lipinski definition) is 1. The van der Waals surface area contributed by atoms with Crippen LogP contribution < -0.4 is 5.32 Å². The quantitative estimate of drug-likeness (QED) is 0.470. The molecule has 0 aliphatic carbocycles. The number of hydrogen-bond acceptors (Lipinski definition) is 3. The van der Waals surface area contributed by atoms with Gasteiger partial charge in [-0.25, -0.2) is 0 Å². The first-order valence-electron chi connectivity index (χ1n) is 3.91. The number of benzene rings is 1. The molecule has 1 aliphatic rings. The normalized spacial score (nSPS) is 16.0. The highest BCUT2D eigenvalue weighted by Gasteiger charge is 2.44. The second-order valence-electron chi connectivity index (χ2n) is 3.02. The average Bonchev–Trinajstić information content (AvgIpc) is 2.38. The van der Waals surface area contributed by atoms with Crippen molar-refractivity contribution in [2.24, 2.45) is 0 Å². The minimum absolute atomic E-state index is 0. The molecule has 3 N–H and O–H groups in total. The van der Waals surface area contributed by atoms with Crippen molar-refractivity contribution in [1.29, 1.82) is 0 Å². The lowest BCUT2D eigenvalue weighted by Gasteiger charge is -2.08. The Bertz CT molecular complexity index is 475. The van der Waals surface area contributed by atoms with Gasteiger partial charge in [-0.2, -0.15) is 0 Å². The largest absolute Gasteiger partial charge is 0.412 e. The Morgan fingerprint density at radius 2 is 2.00 bits per heavy atom. The predicted octanol–water partition coefficient (Wildman–Crippen LogP) is 1.35. The van der Waals surface area contributed by atoms with E-state index >= 15 is 0 Å². The lowest BCUT2D eigenvalue weighted by molar-refractivity contribution is -0.384. The molecule has 0 spiro atoms. The zero-order valence-corrected chi connectivity index (χ0v) is 9.17. The Kier molecular flexibility index (Phi) is 3.09. The van der Waals surface area contributed by atoms with Crippen LogP contribution in [0.1, 0.15) is 5.56 Å². The fourth-order valence-corrected chi connectivity index (χ4v) is 1.77. The molecule has 0 bridgehead atoms. The number of non-ortho nitro benzene ring substituents is 1. The van der Waals surface area contributed by atoms with E-state index in [-0.39, 0.29) is 16.9 Å². The summed E-state index contributed by atoms with van der Waals surface area (Å²) in [6.07, 6.45) is 0. The number of alkyl halides is 2. The molecule has 1 amide bonds. The maximum Gasteiger partial charge on any atom is 0.271 e. The number of halogens is 2. The van der Waals surface area contributed by atoms with Crippen LogP contribution in [-0.4, -0.2) is 16.3 Å². The summed E-state index contributed by atoms with van der Waals surface area (Å²) in [5, 5.41) is 12.8. The lowest BCUT2D eigenvalue weighted by atomic mass is 10.1. The van der Waals surface area contributed by atoms with Crippen molar-refractivity contribution >= 4 is 40.5 Å². The van der Waals surface area contributed by atoms with Crippen LogP contribution in [0.25, 0.3) is 0 Å². The highest BCUT2D eigenvalue weighted by molar-refractivity contribution is 6.60. The fraction of sp³-hybridized carbons (Fsp3) is 0.125. The van der Waals surface area contributed by atoms with E-state index in [1.165, 1.54) is 18.2 Å². The van der Waals surface area contributed by atoms with Crippen molar-refractivity contribution < 1.29 is 15.2 Å². The van der Waals surface area contributed by atoms with E-state index in [0.717, 1.165) is 0 Å². The minimum atomic E-state index is -1.66. The topological polar surface area (TPSA) is 104 Å². The van der Waals surface area contributed by atoms with Crippen LogP contribution in [0.3, 0.4) is 0 Å². The Morgan fingerprint density at radius 1 is 1.38 bits per heavy atom. The van der Waals surface area contributed by atoms with Gasteiger partial charge in [0, 0.05) is 17.7 Å². The van der Waals surface area contributed by atoms with Crippen molar-refractivity contribution in [3.05, 3.63) is 33.9 Å². The molecule has 0 fully saturated rings. The van der Waals surface area contributed by atoms with E-state index in [1.54, 1.807) is 0 Å². The third-order valence-corrected chi connectivity index (χ3v) is 2.84. The summed E-state index contributed by atoms with van der Waals surface area (Å²) in [7, 11) is 0. The van der Waals surface area contributed by atoms with Gasteiger partial charge < -0.3 is 10.8 Å². The van der Waals surface area contributed by atoms with Gasteiger partial charge in [-0.15, -0.1) is 0 Å². The molecule has 1 aromatic rings. The number of carbonyl (C=O) groups excluding carboxylic acids is 1. The van der Waals surface area contributed by atoms with Gasteiger partial charge in [0.1, 0.15) is 0 Å². The zero-order chi connectivity index (χ0) is 11.2. The summed E-state index contributed by atoms with van der Waals surface area (Å²) in [4.78, 5) is 21.2. The van der Waals surface area contributed by atoms with Crippen LogP contribution in [0.5, 0.6) is 0 Å². The van der Waals surface area contributed by atoms with Crippen molar-refractivity contribution in [2.45, 2.75) is 4.33 Å². The smallest absolute Gasteiger partial charge is 0.271 e. The molecule has 0 unspecified atom stereocenters. The van der Waals surface area contributed by atoms with Crippen molar-refractivity contribution in [1.82, 2.24) is 0 Å². The number of nitro groups is 1. The zero-order valence-electron chi connectivity index (χ0n) is 7.66. The number of fused-ring (bicyclic) bond motifs is 1. The summed E-state index contributed by atoms with van der Waals surface area (Å²) in [5.74, 6) is -0.596. The first-order valence-corrected chi connectivity index (χ1v) is 4.66. The van der Waals surface area contributed by atoms with E-state index in [2.05, 4.69) is 5.32 Å². The Balaban J connectivity index is 0.00000128. The Morgan fingerprint density at radius 3 is 2.56 bits per heavy atom. The summed E-state index contributed by atoms with van der Waals surface area (Å²) in [5.41, 5.74) is 0.487. The van der Waals surface area contributed by atoms with Crippen LogP contribution in [0.15, 0.2) is 18.2 Å². The molecule has 1 aliphatic heterocycles. The van der Waals surface area contributed by atoms with E-state index < -0.39 is 15.2 Å². The number of carbonyl (C=O) groups is 1. The van der Waals surface area contributed by atoms with Crippen molar-refractivity contribution in [2.75, 3.05) is 5.32 Å². The molecule has 0 radical (unpaired) electrons. The standard InChI is InChI=1S/C8H4Cl2N2O3.H2O/c9-8(10)5-2-1-4(12(14)15)3-6(5)11-7(8)13;/h1-3H,(H,11,13);1H2. The van der Waals surface area contributed by atoms with Gasteiger partial charge in [0.25, 0.3) is 11.6 Å². The number of nitrogens with one attached hydrogen (secondary N) is 1. The average molecular weight is 265 g/mol. The molecule has 16 heavy (non-hydrogen) atoms. The summed E-state index contributed by atoms with van der Waals surface area (Å²) in [6.45, 7) is 0.